The fourth-order valence-electron chi connectivity index (χ4n) is 6.17. The molecule has 1 N–H and O–H groups in total. The van der Waals surface area contributed by atoms with Gasteiger partial charge in [-0.05, 0) is 77.6 Å². The Labute approximate surface area is 228 Å². The summed E-state index contributed by atoms with van der Waals surface area (Å²) in [4.78, 5) is 31.1. The van der Waals surface area contributed by atoms with Gasteiger partial charge in [0.15, 0.2) is 5.82 Å². The fraction of sp³-hybridized carbons (Fsp3) is 0.467. The smallest absolute Gasteiger partial charge is 0.300 e. The first-order valence-corrected chi connectivity index (χ1v) is 14.0. The standard InChI is InChI=1S/C30H37N7O2/c1-5-6-7-24-18-37(28-25(19(2)3)12-13-26(28)20(4)38)30(39)36(24)17-23-16-31-15-14-27(23)21-8-10-22(11-9-21)29-32-34-35-33-29/h8-11,14-16,18-19,25-26,28H,5-7,12-13,17H2,1-4H3,(H,32,33,34,35). The lowest BCUT2D eigenvalue weighted by molar-refractivity contribution is -0.121. The molecule has 1 saturated carbocycles. The summed E-state index contributed by atoms with van der Waals surface area (Å²) in [5, 5.41) is 14.1. The van der Waals surface area contributed by atoms with E-state index in [1.165, 1.54) is 0 Å². The van der Waals surface area contributed by atoms with E-state index in [0.717, 1.165) is 60.1 Å². The molecule has 0 spiro atoms. The molecule has 3 unspecified atom stereocenters. The van der Waals surface area contributed by atoms with Gasteiger partial charge in [0, 0.05) is 35.8 Å². The second-order valence-electron chi connectivity index (χ2n) is 11.1. The molecule has 3 atom stereocenters. The highest BCUT2D eigenvalue weighted by molar-refractivity contribution is 5.79. The van der Waals surface area contributed by atoms with E-state index in [4.69, 9.17) is 0 Å². The van der Waals surface area contributed by atoms with Crippen molar-refractivity contribution in [2.45, 2.75) is 72.4 Å². The second kappa shape index (κ2) is 11.5. The molecule has 4 aromatic rings. The van der Waals surface area contributed by atoms with Gasteiger partial charge in [0.05, 0.1) is 12.6 Å². The van der Waals surface area contributed by atoms with Crippen LogP contribution in [0.15, 0.2) is 53.7 Å². The summed E-state index contributed by atoms with van der Waals surface area (Å²) in [6.45, 7) is 8.66. The summed E-state index contributed by atoms with van der Waals surface area (Å²) in [6.07, 6.45) is 10.3. The van der Waals surface area contributed by atoms with Gasteiger partial charge in [-0.25, -0.2) is 9.89 Å². The Morgan fingerprint density at radius 2 is 1.90 bits per heavy atom. The van der Waals surface area contributed by atoms with E-state index in [0.29, 0.717) is 24.2 Å². The highest BCUT2D eigenvalue weighted by Gasteiger charge is 2.42. The molecule has 9 nitrogen and oxygen atoms in total. The first kappa shape index (κ1) is 26.7. The van der Waals surface area contributed by atoms with Crippen LogP contribution in [0.4, 0.5) is 0 Å². The number of ketones is 1. The zero-order chi connectivity index (χ0) is 27.5. The predicted octanol–water partition coefficient (Wildman–Crippen LogP) is 5.10. The van der Waals surface area contributed by atoms with Crippen molar-refractivity contribution in [2.75, 3.05) is 0 Å². The van der Waals surface area contributed by atoms with Crippen LogP contribution >= 0.6 is 0 Å². The van der Waals surface area contributed by atoms with E-state index in [2.05, 4.69) is 46.4 Å². The predicted molar refractivity (Wildman–Crippen MR) is 150 cm³/mol. The highest BCUT2D eigenvalue weighted by Crippen LogP contribution is 2.44. The Kier molecular flexibility index (Phi) is 7.86. The van der Waals surface area contributed by atoms with Gasteiger partial charge in [-0.15, -0.1) is 5.10 Å². The lowest BCUT2D eigenvalue weighted by Gasteiger charge is -2.27. The normalized spacial score (nSPS) is 19.2. The molecule has 204 valence electrons. The summed E-state index contributed by atoms with van der Waals surface area (Å²) >= 11 is 0. The van der Waals surface area contributed by atoms with Crippen LogP contribution < -0.4 is 5.69 Å². The van der Waals surface area contributed by atoms with Crippen LogP contribution in [-0.2, 0) is 17.8 Å². The van der Waals surface area contributed by atoms with Gasteiger partial charge >= 0.3 is 5.69 Å². The fourth-order valence-corrected chi connectivity index (χ4v) is 6.17. The summed E-state index contributed by atoms with van der Waals surface area (Å²) in [7, 11) is 0. The number of nitrogens with one attached hydrogen (secondary N) is 1. The van der Waals surface area contributed by atoms with E-state index in [1.54, 1.807) is 13.1 Å². The van der Waals surface area contributed by atoms with Gasteiger partial charge < -0.3 is 0 Å². The number of hydrogen-bond donors (Lipinski definition) is 1. The Morgan fingerprint density at radius 3 is 2.56 bits per heavy atom. The lowest BCUT2D eigenvalue weighted by Crippen LogP contribution is -2.35. The van der Waals surface area contributed by atoms with Gasteiger partial charge in [0.2, 0.25) is 0 Å². The van der Waals surface area contributed by atoms with E-state index >= 15 is 0 Å². The molecule has 0 radical (unpaired) electrons. The van der Waals surface area contributed by atoms with Crippen molar-refractivity contribution >= 4 is 5.78 Å². The van der Waals surface area contributed by atoms with Crippen LogP contribution in [0.1, 0.15) is 70.7 Å². The second-order valence-corrected chi connectivity index (χ2v) is 11.1. The van der Waals surface area contributed by atoms with Crippen molar-refractivity contribution in [1.82, 2.24) is 34.7 Å². The molecule has 1 aliphatic rings. The van der Waals surface area contributed by atoms with E-state index in [1.807, 2.05) is 51.9 Å². The molecule has 3 aromatic heterocycles. The molecule has 1 aliphatic carbocycles. The van der Waals surface area contributed by atoms with E-state index in [-0.39, 0.29) is 23.4 Å². The van der Waals surface area contributed by atoms with Crippen LogP contribution in [0.3, 0.4) is 0 Å². The molecule has 0 amide bonds. The Bertz CT molecular complexity index is 1470. The Hall–Kier alpha value is -3.88. The molecule has 5 rings (SSSR count). The maximum atomic E-state index is 14.1. The topological polar surface area (TPSA) is 111 Å². The molecule has 0 bridgehead atoms. The van der Waals surface area contributed by atoms with Crippen LogP contribution in [0.5, 0.6) is 0 Å². The third-order valence-corrected chi connectivity index (χ3v) is 8.28. The number of imidazole rings is 1. The number of rotatable bonds is 10. The van der Waals surface area contributed by atoms with Crippen LogP contribution in [0.25, 0.3) is 22.5 Å². The van der Waals surface area contributed by atoms with Crippen molar-refractivity contribution in [3.63, 3.8) is 0 Å². The van der Waals surface area contributed by atoms with Gasteiger partial charge in [-0.1, -0.05) is 51.5 Å². The van der Waals surface area contributed by atoms with Crippen LogP contribution in [0, 0.1) is 17.8 Å². The summed E-state index contributed by atoms with van der Waals surface area (Å²) < 4.78 is 3.79. The van der Waals surface area contributed by atoms with Gasteiger partial charge in [0.25, 0.3) is 0 Å². The number of hydrogen-bond acceptors (Lipinski definition) is 6. The van der Waals surface area contributed by atoms with Gasteiger partial charge in [0.1, 0.15) is 5.78 Å². The molecule has 39 heavy (non-hydrogen) atoms. The number of unbranched alkanes of at least 4 members (excludes halogenated alkanes) is 1. The number of carbonyl (C=O) groups excluding carboxylic acids is 1. The number of benzene rings is 1. The maximum Gasteiger partial charge on any atom is 0.328 e. The number of tetrazole rings is 1. The zero-order valence-electron chi connectivity index (χ0n) is 23.2. The molecular formula is C30H37N7O2. The number of nitrogens with zero attached hydrogens (tertiary/aromatic N) is 6. The Balaban J connectivity index is 1.53. The number of carbonyl (C=O) groups is 1. The molecule has 1 fully saturated rings. The molecule has 1 aromatic carbocycles. The van der Waals surface area contributed by atoms with E-state index in [9.17, 15) is 9.59 Å². The van der Waals surface area contributed by atoms with Crippen molar-refractivity contribution in [3.05, 3.63) is 70.7 Å². The SMILES string of the molecule is CCCCc1cn(C2C(C(C)=O)CCC2C(C)C)c(=O)n1Cc1cnccc1-c1ccc(-c2nnn[nH]2)cc1. The average molecular weight is 528 g/mol. The number of Topliss-reactive ketones (excluding diaryl/α,β-unsaturated/α-hetero) is 1. The van der Waals surface area contributed by atoms with Gasteiger partial charge in [-0.2, -0.15) is 0 Å². The first-order chi connectivity index (χ1) is 18.9. The number of aromatic amines is 1. The minimum Gasteiger partial charge on any atom is -0.300 e. The number of pyridine rings is 1. The maximum absolute atomic E-state index is 14.1. The molecule has 3 heterocycles. The monoisotopic (exact) mass is 527 g/mol. The minimum atomic E-state index is -0.114. The molecule has 0 aliphatic heterocycles. The summed E-state index contributed by atoms with van der Waals surface area (Å²) in [5.41, 5.74) is 4.90. The largest absolute Gasteiger partial charge is 0.328 e. The number of aromatic nitrogens is 7. The highest BCUT2D eigenvalue weighted by atomic mass is 16.2. The number of H-pyrrole nitrogens is 1. The van der Waals surface area contributed by atoms with Gasteiger partial charge in [-0.3, -0.25) is 18.9 Å². The quantitative estimate of drug-likeness (QED) is 0.307. The summed E-state index contributed by atoms with van der Waals surface area (Å²) in [5.74, 6) is 1.38. The van der Waals surface area contributed by atoms with Crippen LogP contribution in [-0.4, -0.2) is 40.5 Å². The van der Waals surface area contributed by atoms with Crippen molar-refractivity contribution in [1.29, 1.82) is 0 Å². The summed E-state index contributed by atoms with van der Waals surface area (Å²) in [6, 6.07) is 9.92. The third kappa shape index (κ3) is 5.35. The first-order valence-electron chi connectivity index (χ1n) is 14.0. The van der Waals surface area contributed by atoms with Crippen molar-refractivity contribution < 1.29 is 4.79 Å². The lowest BCUT2D eigenvalue weighted by atomic mass is 9.87. The van der Waals surface area contributed by atoms with Crippen LogP contribution in [0.2, 0.25) is 0 Å². The Morgan fingerprint density at radius 1 is 1.13 bits per heavy atom. The minimum absolute atomic E-state index is 0.0344. The van der Waals surface area contributed by atoms with Crippen molar-refractivity contribution in [3.8, 4) is 22.5 Å². The average Bonchev–Trinajstić information content (AvgIpc) is 3.68. The molecule has 0 saturated heterocycles. The zero-order valence-corrected chi connectivity index (χ0v) is 23.2. The van der Waals surface area contributed by atoms with E-state index < -0.39 is 0 Å². The van der Waals surface area contributed by atoms with Crippen molar-refractivity contribution in [2.24, 2.45) is 17.8 Å². The molecular weight excluding hydrogens is 490 g/mol. The number of aryl methyl sites for hydroxylation is 1. The molecule has 9 heteroatoms. The third-order valence-electron chi connectivity index (χ3n) is 8.28.